The average Bonchev–Trinajstić information content (AvgIpc) is 2.61. The van der Waals surface area contributed by atoms with E-state index in [4.69, 9.17) is 15.5 Å². The highest BCUT2D eigenvalue weighted by atomic mass is 16.5. The molecule has 5 heteroatoms. The molecular formula is C19H21N3O2. The van der Waals surface area contributed by atoms with E-state index in [-0.39, 0.29) is 5.56 Å². The molecule has 0 unspecified atom stereocenters. The summed E-state index contributed by atoms with van der Waals surface area (Å²) in [5.41, 5.74) is 8.25. The summed E-state index contributed by atoms with van der Waals surface area (Å²) < 4.78 is 6.92. The van der Waals surface area contributed by atoms with Crippen molar-refractivity contribution >= 4 is 10.9 Å². The molecule has 0 amide bonds. The van der Waals surface area contributed by atoms with Crippen LogP contribution in [0.25, 0.3) is 22.3 Å². The molecular weight excluding hydrogens is 302 g/mol. The van der Waals surface area contributed by atoms with Crippen LogP contribution in [0.5, 0.6) is 5.75 Å². The summed E-state index contributed by atoms with van der Waals surface area (Å²) in [6.45, 7) is 3.05. The largest absolute Gasteiger partial charge is 0.497 e. The number of rotatable bonds is 5. The van der Waals surface area contributed by atoms with E-state index >= 15 is 0 Å². The van der Waals surface area contributed by atoms with Gasteiger partial charge in [0.25, 0.3) is 5.56 Å². The van der Waals surface area contributed by atoms with E-state index in [1.54, 1.807) is 11.7 Å². The molecule has 0 aliphatic heterocycles. The molecule has 1 heterocycles. The van der Waals surface area contributed by atoms with Gasteiger partial charge in [0.05, 0.1) is 18.0 Å². The summed E-state index contributed by atoms with van der Waals surface area (Å²) in [6, 6.07) is 13.3. The minimum Gasteiger partial charge on any atom is -0.497 e. The zero-order chi connectivity index (χ0) is 17.1. The molecule has 0 aliphatic rings. The molecule has 5 nitrogen and oxygen atoms in total. The molecule has 0 spiro atoms. The van der Waals surface area contributed by atoms with Crippen molar-refractivity contribution in [2.24, 2.45) is 5.73 Å². The zero-order valence-corrected chi connectivity index (χ0v) is 14.0. The van der Waals surface area contributed by atoms with Gasteiger partial charge in [0.2, 0.25) is 0 Å². The number of fused-ring (bicyclic) bond motifs is 1. The SMILES string of the molecule is COc1ccc(-c2nc3ccc(C)cc3c(=O)n2CCCN)cc1. The van der Waals surface area contributed by atoms with Crippen LogP contribution in [0.1, 0.15) is 12.0 Å². The normalized spacial score (nSPS) is 11.0. The van der Waals surface area contributed by atoms with E-state index in [0.29, 0.717) is 29.8 Å². The van der Waals surface area contributed by atoms with Crippen molar-refractivity contribution in [3.8, 4) is 17.1 Å². The van der Waals surface area contributed by atoms with Crippen molar-refractivity contribution in [3.63, 3.8) is 0 Å². The average molecular weight is 323 g/mol. The van der Waals surface area contributed by atoms with Crippen molar-refractivity contribution in [1.29, 1.82) is 0 Å². The van der Waals surface area contributed by atoms with Gasteiger partial charge in [-0.25, -0.2) is 4.98 Å². The Morgan fingerprint density at radius 3 is 2.58 bits per heavy atom. The van der Waals surface area contributed by atoms with Crippen LogP contribution in [0.4, 0.5) is 0 Å². The molecule has 0 radical (unpaired) electrons. The number of aromatic nitrogens is 2. The second-order valence-electron chi connectivity index (χ2n) is 5.78. The van der Waals surface area contributed by atoms with Crippen molar-refractivity contribution in [1.82, 2.24) is 9.55 Å². The number of ether oxygens (including phenoxy) is 1. The maximum absolute atomic E-state index is 13.0. The van der Waals surface area contributed by atoms with Gasteiger partial charge < -0.3 is 10.5 Å². The minimum absolute atomic E-state index is 0.0250. The van der Waals surface area contributed by atoms with E-state index in [2.05, 4.69) is 0 Å². The van der Waals surface area contributed by atoms with Gasteiger partial charge in [-0.15, -0.1) is 0 Å². The first kappa shape index (κ1) is 16.2. The molecule has 3 aromatic rings. The Labute approximate surface area is 140 Å². The number of aryl methyl sites for hydroxylation is 1. The maximum atomic E-state index is 13.0. The smallest absolute Gasteiger partial charge is 0.261 e. The van der Waals surface area contributed by atoms with Crippen LogP contribution in [0.15, 0.2) is 47.3 Å². The third kappa shape index (κ3) is 3.03. The third-order valence-electron chi connectivity index (χ3n) is 4.04. The van der Waals surface area contributed by atoms with Crippen molar-refractivity contribution < 1.29 is 4.74 Å². The van der Waals surface area contributed by atoms with Gasteiger partial charge in [0.1, 0.15) is 11.6 Å². The number of benzene rings is 2. The number of nitrogens with two attached hydrogens (primary N) is 1. The predicted molar refractivity (Wildman–Crippen MR) is 96.4 cm³/mol. The van der Waals surface area contributed by atoms with Crippen LogP contribution in [0, 0.1) is 6.92 Å². The van der Waals surface area contributed by atoms with Crippen LogP contribution in [0.3, 0.4) is 0 Å². The molecule has 124 valence electrons. The van der Waals surface area contributed by atoms with Crippen molar-refractivity contribution in [3.05, 3.63) is 58.4 Å². The fourth-order valence-corrected chi connectivity index (χ4v) is 2.75. The Morgan fingerprint density at radius 2 is 1.92 bits per heavy atom. The number of methoxy groups -OCH3 is 1. The van der Waals surface area contributed by atoms with Gasteiger partial charge in [0.15, 0.2) is 0 Å². The van der Waals surface area contributed by atoms with Gasteiger partial charge in [-0.1, -0.05) is 11.6 Å². The highest BCUT2D eigenvalue weighted by Gasteiger charge is 2.13. The first-order valence-electron chi connectivity index (χ1n) is 7.99. The third-order valence-corrected chi connectivity index (χ3v) is 4.04. The standard InChI is InChI=1S/C19H21N3O2/c1-13-4-9-17-16(12-13)19(23)22(11-3-10-20)18(21-17)14-5-7-15(24-2)8-6-14/h4-9,12H,3,10-11,20H2,1-2H3. The molecule has 0 fully saturated rings. The van der Waals surface area contributed by atoms with Crippen molar-refractivity contribution in [2.45, 2.75) is 19.9 Å². The summed E-state index contributed by atoms with van der Waals surface area (Å²) in [6.07, 6.45) is 0.724. The molecule has 0 bridgehead atoms. The summed E-state index contributed by atoms with van der Waals surface area (Å²) in [4.78, 5) is 17.7. The highest BCUT2D eigenvalue weighted by molar-refractivity contribution is 5.80. The van der Waals surface area contributed by atoms with Crippen molar-refractivity contribution in [2.75, 3.05) is 13.7 Å². The molecule has 0 atom stereocenters. The second kappa shape index (κ2) is 6.84. The Hall–Kier alpha value is -2.66. The number of hydrogen-bond donors (Lipinski definition) is 1. The Balaban J connectivity index is 2.23. The van der Waals surface area contributed by atoms with Gasteiger partial charge in [-0.05, 0) is 56.3 Å². The number of hydrogen-bond acceptors (Lipinski definition) is 4. The topological polar surface area (TPSA) is 70.1 Å². The monoisotopic (exact) mass is 323 g/mol. The minimum atomic E-state index is -0.0250. The van der Waals surface area contributed by atoms with Crippen LogP contribution >= 0.6 is 0 Å². The zero-order valence-electron chi connectivity index (χ0n) is 14.0. The molecule has 3 rings (SSSR count). The van der Waals surface area contributed by atoms with Crippen LogP contribution in [-0.2, 0) is 6.54 Å². The molecule has 0 saturated carbocycles. The highest BCUT2D eigenvalue weighted by Crippen LogP contribution is 2.22. The Bertz CT molecular complexity index is 914. The molecule has 24 heavy (non-hydrogen) atoms. The summed E-state index contributed by atoms with van der Waals surface area (Å²) in [5, 5.41) is 0.643. The lowest BCUT2D eigenvalue weighted by molar-refractivity contribution is 0.415. The molecule has 2 N–H and O–H groups in total. The molecule has 0 saturated heterocycles. The summed E-state index contributed by atoms with van der Waals surface area (Å²) in [7, 11) is 1.63. The second-order valence-corrected chi connectivity index (χ2v) is 5.78. The predicted octanol–water partition coefficient (Wildman–Crippen LogP) is 2.73. The quantitative estimate of drug-likeness (QED) is 0.784. The summed E-state index contributed by atoms with van der Waals surface area (Å²) in [5.74, 6) is 1.43. The van der Waals surface area contributed by atoms with E-state index < -0.39 is 0 Å². The van der Waals surface area contributed by atoms with Gasteiger partial charge >= 0.3 is 0 Å². The Morgan fingerprint density at radius 1 is 1.17 bits per heavy atom. The van der Waals surface area contributed by atoms with E-state index in [0.717, 1.165) is 23.3 Å². The summed E-state index contributed by atoms with van der Waals surface area (Å²) >= 11 is 0. The van der Waals surface area contributed by atoms with Crippen LogP contribution in [0.2, 0.25) is 0 Å². The fourth-order valence-electron chi connectivity index (χ4n) is 2.75. The van der Waals surface area contributed by atoms with Gasteiger partial charge in [-0.3, -0.25) is 9.36 Å². The molecule has 0 aliphatic carbocycles. The van der Waals surface area contributed by atoms with Gasteiger partial charge in [-0.2, -0.15) is 0 Å². The lowest BCUT2D eigenvalue weighted by Gasteiger charge is -2.14. The van der Waals surface area contributed by atoms with Crippen LogP contribution in [-0.4, -0.2) is 23.2 Å². The molecule has 2 aromatic carbocycles. The lowest BCUT2D eigenvalue weighted by atomic mass is 10.1. The lowest BCUT2D eigenvalue weighted by Crippen LogP contribution is -2.24. The fraction of sp³-hybridized carbons (Fsp3) is 0.263. The maximum Gasteiger partial charge on any atom is 0.261 e. The van der Waals surface area contributed by atoms with Gasteiger partial charge in [0, 0.05) is 12.1 Å². The van der Waals surface area contributed by atoms with Crippen LogP contribution < -0.4 is 16.0 Å². The first-order valence-corrected chi connectivity index (χ1v) is 7.99. The Kier molecular flexibility index (Phi) is 4.62. The number of nitrogens with zero attached hydrogens (tertiary/aromatic N) is 2. The molecule has 1 aromatic heterocycles. The van der Waals surface area contributed by atoms with E-state index in [1.807, 2.05) is 49.4 Å². The first-order chi connectivity index (χ1) is 11.6. The van der Waals surface area contributed by atoms with E-state index in [9.17, 15) is 4.79 Å². The van der Waals surface area contributed by atoms with E-state index in [1.165, 1.54) is 0 Å².